The molecule has 6 heteroatoms. The number of benzene rings is 2. The predicted molar refractivity (Wildman–Crippen MR) is 106 cm³/mol. The molecule has 2 N–H and O–H groups in total. The first-order chi connectivity index (χ1) is 12.7. The van der Waals surface area contributed by atoms with E-state index in [9.17, 15) is 4.79 Å². The Kier molecular flexibility index (Phi) is 4.50. The smallest absolute Gasteiger partial charge is 0.274 e. The molecule has 1 aromatic heterocycles. The molecule has 0 spiro atoms. The first-order valence-corrected chi connectivity index (χ1v) is 9.28. The third-order valence-corrected chi connectivity index (χ3v) is 5.09. The number of amides is 1. The summed E-state index contributed by atoms with van der Waals surface area (Å²) in [5.74, 6) is -0.263. The van der Waals surface area contributed by atoms with Crippen LogP contribution in [0, 0.1) is 6.92 Å². The fraction of sp³-hybridized carbons (Fsp3) is 0.150. The minimum Gasteiger partial charge on any atom is -0.309 e. The lowest BCUT2D eigenvalue weighted by atomic mass is 9.94. The van der Waals surface area contributed by atoms with Crippen molar-refractivity contribution in [3.8, 4) is 11.3 Å². The maximum Gasteiger partial charge on any atom is 0.274 e. The number of carbonyl (C=O) groups excluding carboxylic acids is 1. The molecule has 1 atom stereocenters. The molecule has 0 fully saturated rings. The highest BCUT2D eigenvalue weighted by Gasteiger charge is 2.29. The normalized spacial score (nSPS) is 16.0. The summed E-state index contributed by atoms with van der Waals surface area (Å²) in [5, 5.41) is 9.60. The van der Waals surface area contributed by atoms with Gasteiger partial charge in [0.05, 0.1) is 11.6 Å². The van der Waals surface area contributed by atoms with Crippen LogP contribution in [0.2, 0.25) is 0 Å². The number of thiazole rings is 1. The number of hydrazone groups is 1. The Labute approximate surface area is 155 Å². The summed E-state index contributed by atoms with van der Waals surface area (Å²) in [6, 6.07) is 18.1. The van der Waals surface area contributed by atoms with Crippen LogP contribution < -0.4 is 10.7 Å². The summed E-state index contributed by atoms with van der Waals surface area (Å²) in [7, 11) is 0. The second-order valence-electron chi connectivity index (χ2n) is 6.18. The molecule has 26 heavy (non-hydrogen) atoms. The van der Waals surface area contributed by atoms with E-state index in [-0.39, 0.29) is 11.8 Å². The first-order valence-electron chi connectivity index (χ1n) is 8.40. The van der Waals surface area contributed by atoms with Gasteiger partial charge in [0.25, 0.3) is 5.91 Å². The third kappa shape index (κ3) is 3.36. The molecule has 0 saturated heterocycles. The Morgan fingerprint density at radius 2 is 1.92 bits per heavy atom. The number of anilines is 1. The number of aryl methyl sites for hydroxylation is 1. The molecule has 1 aliphatic heterocycles. The lowest BCUT2D eigenvalue weighted by Crippen LogP contribution is -2.27. The van der Waals surface area contributed by atoms with Gasteiger partial charge in [-0.3, -0.25) is 10.1 Å². The Morgan fingerprint density at radius 3 is 2.69 bits per heavy atom. The summed E-state index contributed by atoms with van der Waals surface area (Å²) in [4.78, 5) is 17.2. The molecule has 3 aromatic rings. The monoisotopic (exact) mass is 362 g/mol. The van der Waals surface area contributed by atoms with Gasteiger partial charge in [-0.15, -0.1) is 11.3 Å². The SMILES string of the molecule is Cc1ccc(-c2csc(NC(=O)C3=NNCC3c3ccccc3)n2)cc1. The van der Waals surface area contributed by atoms with Crippen molar-refractivity contribution in [2.24, 2.45) is 5.10 Å². The van der Waals surface area contributed by atoms with Crippen molar-refractivity contribution in [2.75, 3.05) is 11.9 Å². The second-order valence-corrected chi connectivity index (χ2v) is 7.04. The summed E-state index contributed by atoms with van der Waals surface area (Å²) in [5.41, 5.74) is 7.60. The fourth-order valence-electron chi connectivity index (χ4n) is 2.92. The average molecular weight is 362 g/mol. The number of carbonyl (C=O) groups is 1. The van der Waals surface area contributed by atoms with E-state index < -0.39 is 0 Å². The van der Waals surface area contributed by atoms with Crippen LogP contribution in [0.4, 0.5) is 5.13 Å². The van der Waals surface area contributed by atoms with Crippen LogP contribution in [0.3, 0.4) is 0 Å². The van der Waals surface area contributed by atoms with Gasteiger partial charge in [-0.05, 0) is 12.5 Å². The highest BCUT2D eigenvalue weighted by Crippen LogP contribution is 2.26. The minimum atomic E-state index is -0.214. The zero-order valence-corrected chi connectivity index (χ0v) is 15.1. The van der Waals surface area contributed by atoms with E-state index in [1.54, 1.807) is 0 Å². The molecule has 1 aliphatic rings. The lowest BCUT2D eigenvalue weighted by Gasteiger charge is -2.11. The highest BCUT2D eigenvalue weighted by molar-refractivity contribution is 7.14. The van der Waals surface area contributed by atoms with Crippen LogP contribution in [0.15, 0.2) is 65.1 Å². The summed E-state index contributed by atoms with van der Waals surface area (Å²) < 4.78 is 0. The van der Waals surface area contributed by atoms with E-state index in [2.05, 4.69) is 39.9 Å². The summed E-state index contributed by atoms with van der Waals surface area (Å²) in [6.45, 7) is 2.68. The van der Waals surface area contributed by atoms with Gasteiger partial charge in [-0.25, -0.2) is 4.98 Å². The number of hydrogen-bond donors (Lipinski definition) is 2. The molecule has 1 unspecified atom stereocenters. The van der Waals surface area contributed by atoms with Crippen molar-refractivity contribution in [1.29, 1.82) is 0 Å². The molecule has 2 aromatic carbocycles. The molecule has 1 amide bonds. The first kappa shape index (κ1) is 16.5. The van der Waals surface area contributed by atoms with Crippen molar-refractivity contribution >= 4 is 28.1 Å². The van der Waals surface area contributed by atoms with Gasteiger partial charge in [-0.1, -0.05) is 60.2 Å². The molecule has 5 nitrogen and oxygen atoms in total. The van der Waals surface area contributed by atoms with Gasteiger partial charge in [-0.2, -0.15) is 5.10 Å². The molecule has 0 bridgehead atoms. The van der Waals surface area contributed by atoms with Gasteiger partial charge < -0.3 is 5.43 Å². The Bertz CT molecular complexity index is 947. The molecular formula is C20H18N4OS. The minimum absolute atomic E-state index is 0.0484. The van der Waals surface area contributed by atoms with Crippen molar-refractivity contribution in [3.05, 3.63) is 71.1 Å². The van der Waals surface area contributed by atoms with Gasteiger partial charge in [0.15, 0.2) is 5.13 Å². The summed E-state index contributed by atoms with van der Waals surface area (Å²) in [6.07, 6.45) is 0. The largest absolute Gasteiger partial charge is 0.309 e. The molecule has 0 radical (unpaired) electrons. The van der Waals surface area contributed by atoms with Gasteiger partial charge >= 0.3 is 0 Å². The van der Waals surface area contributed by atoms with Gasteiger partial charge in [0.2, 0.25) is 0 Å². The van der Waals surface area contributed by atoms with E-state index in [0.717, 1.165) is 16.8 Å². The molecule has 130 valence electrons. The zero-order chi connectivity index (χ0) is 17.9. The van der Waals surface area contributed by atoms with Gasteiger partial charge in [0.1, 0.15) is 5.71 Å². The van der Waals surface area contributed by atoms with Crippen molar-refractivity contribution in [1.82, 2.24) is 10.4 Å². The molecule has 4 rings (SSSR count). The Morgan fingerprint density at radius 1 is 1.15 bits per heavy atom. The Balaban J connectivity index is 1.49. The molecule has 0 saturated carbocycles. The van der Waals surface area contributed by atoms with E-state index in [0.29, 0.717) is 17.4 Å². The van der Waals surface area contributed by atoms with E-state index >= 15 is 0 Å². The van der Waals surface area contributed by atoms with Gasteiger partial charge in [0, 0.05) is 17.5 Å². The number of rotatable bonds is 4. The maximum atomic E-state index is 12.7. The summed E-state index contributed by atoms with van der Waals surface area (Å²) >= 11 is 1.41. The number of hydrogen-bond acceptors (Lipinski definition) is 5. The standard InChI is InChI=1S/C20H18N4OS/c1-13-7-9-15(10-8-13)17-12-26-20(22-17)23-19(25)18-16(11-21-24-18)14-5-3-2-4-6-14/h2-10,12,16,21H,11H2,1H3,(H,22,23,25). The number of nitrogens with zero attached hydrogens (tertiary/aromatic N) is 2. The lowest BCUT2D eigenvalue weighted by molar-refractivity contribution is -0.110. The van der Waals surface area contributed by atoms with Crippen molar-refractivity contribution in [2.45, 2.75) is 12.8 Å². The number of nitrogens with one attached hydrogen (secondary N) is 2. The van der Waals surface area contributed by atoms with Crippen LogP contribution in [-0.4, -0.2) is 23.1 Å². The zero-order valence-electron chi connectivity index (χ0n) is 14.3. The quantitative estimate of drug-likeness (QED) is 0.742. The molecule has 2 heterocycles. The van der Waals surface area contributed by atoms with E-state index in [1.165, 1.54) is 16.9 Å². The van der Waals surface area contributed by atoms with Crippen LogP contribution in [0.1, 0.15) is 17.0 Å². The Hall–Kier alpha value is -2.99. The van der Waals surface area contributed by atoms with E-state index in [1.807, 2.05) is 47.8 Å². The third-order valence-electron chi connectivity index (χ3n) is 4.33. The fourth-order valence-corrected chi connectivity index (χ4v) is 3.63. The van der Waals surface area contributed by atoms with Crippen LogP contribution >= 0.6 is 11.3 Å². The second kappa shape index (κ2) is 7.09. The van der Waals surface area contributed by atoms with E-state index in [4.69, 9.17) is 0 Å². The van der Waals surface area contributed by atoms with Crippen molar-refractivity contribution < 1.29 is 4.79 Å². The topological polar surface area (TPSA) is 66.4 Å². The van der Waals surface area contributed by atoms with Crippen LogP contribution in [0.5, 0.6) is 0 Å². The van der Waals surface area contributed by atoms with Crippen LogP contribution in [0.25, 0.3) is 11.3 Å². The molecule has 0 aliphatic carbocycles. The average Bonchev–Trinajstić information content (AvgIpc) is 3.32. The number of aromatic nitrogens is 1. The predicted octanol–water partition coefficient (Wildman–Crippen LogP) is 3.80. The highest BCUT2D eigenvalue weighted by atomic mass is 32.1. The van der Waals surface area contributed by atoms with Crippen molar-refractivity contribution in [3.63, 3.8) is 0 Å². The maximum absolute atomic E-state index is 12.7. The van der Waals surface area contributed by atoms with Crippen LogP contribution in [-0.2, 0) is 4.79 Å². The molecular weight excluding hydrogens is 344 g/mol.